The molecule has 0 atom stereocenters. The molecule has 0 aromatic heterocycles. The van der Waals surface area contributed by atoms with Crippen LogP contribution in [0.25, 0.3) is 10.8 Å². The van der Waals surface area contributed by atoms with Gasteiger partial charge in [0.25, 0.3) is 20.2 Å². The number of aromatic hydroxyl groups is 1. The van der Waals surface area contributed by atoms with Crippen LogP contribution in [-0.2, 0) is 20.2 Å². The van der Waals surface area contributed by atoms with Gasteiger partial charge in [-0.3, -0.25) is 9.11 Å². The van der Waals surface area contributed by atoms with E-state index in [2.05, 4.69) is 20.5 Å². The SMILES string of the molecule is COc1cc(N=Nc2ccc(S(=O)(=O)O)cc2)ccc1N=Nc1c(O)ccc2cc(S(=O)(=O)O)ccc12.[Na+]. The summed E-state index contributed by atoms with van der Waals surface area (Å²) in [5, 5.41) is 27.5. The molecule has 38 heavy (non-hydrogen) atoms. The molecule has 4 rings (SSSR count). The standard InChI is InChI=1S/C23H18N4O8S2.Na/c1-35-22-13-16(25-24-15-3-6-17(7-4-15)36(29,30)31)5-10-20(22)26-27-23-19-9-8-18(37(32,33)34)12-14(19)2-11-21(23)28;/h2-13,28H,1H3,(H,29,30,31)(H,32,33,34);/q;+1. The molecule has 0 amide bonds. The van der Waals surface area contributed by atoms with E-state index in [-0.39, 0.29) is 56.5 Å². The molecule has 0 saturated heterocycles. The first-order valence-corrected chi connectivity index (χ1v) is 13.2. The number of hydrogen-bond acceptors (Lipinski definition) is 10. The normalized spacial score (nSPS) is 12.2. The second-order valence-corrected chi connectivity index (χ2v) is 10.4. The summed E-state index contributed by atoms with van der Waals surface area (Å²) in [6.45, 7) is 0. The first-order valence-electron chi connectivity index (χ1n) is 10.3. The van der Waals surface area contributed by atoms with Gasteiger partial charge in [-0.25, -0.2) is 0 Å². The maximum absolute atomic E-state index is 11.4. The van der Waals surface area contributed by atoms with E-state index in [0.29, 0.717) is 27.8 Å². The van der Waals surface area contributed by atoms with Crippen molar-refractivity contribution in [2.24, 2.45) is 20.5 Å². The van der Waals surface area contributed by atoms with Crippen molar-refractivity contribution in [2.45, 2.75) is 9.79 Å². The van der Waals surface area contributed by atoms with Crippen LogP contribution in [0.5, 0.6) is 11.5 Å². The summed E-state index contributed by atoms with van der Waals surface area (Å²) in [5.74, 6) is 0.0931. The Morgan fingerprint density at radius 3 is 1.92 bits per heavy atom. The minimum Gasteiger partial charge on any atom is -0.506 e. The van der Waals surface area contributed by atoms with Crippen LogP contribution in [-0.4, -0.2) is 38.2 Å². The van der Waals surface area contributed by atoms with Gasteiger partial charge in [0.2, 0.25) is 0 Å². The van der Waals surface area contributed by atoms with E-state index < -0.39 is 20.2 Å². The Morgan fingerprint density at radius 2 is 1.29 bits per heavy atom. The molecule has 0 radical (unpaired) electrons. The smallest absolute Gasteiger partial charge is 0.506 e. The molecule has 0 heterocycles. The Kier molecular flexibility index (Phi) is 8.99. The first kappa shape index (κ1) is 29.3. The van der Waals surface area contributed by atoms with Gasteiger partial charge in [0.05, 0.1) is 28.3 Å². The number of ether oxygens (including phenoxy) is 1. The summed E-state index contributed by atoms with van der Waals surface area (Å²) in [5.41, 5.74) is 1.11. The molecule has 0 fully saturated rings. The fourth-order valence-corrected chi connectivity index (χ4v) is 4.26. The third-order valence-corrected chi connectivity index (χ3v) is 6.79. The fourth-order valence-electron chi connectivity index (χ4n) is 3.26. The number of nitrogens with zero attached hydrogens (tertiary/aromatic N) is 4. The molecular weight excluding hydrogens is 547 g/mol. The number of azo groups is 2. The number of methoxy groups -OCH3 is 1. The maximum atomic E-state index is 11.4. The van der Waals surface area contributed by atoms with Crippen LogP contribution >= 0.6 is 0 Å². The molecular formula is C23H18N4NaO8S2+. The zero-order valence-electron chi connectivity index (χ0n) is 19.9. The van der Waals surface area contributed by atoms with Crippen molar-refractivity contribution in [1.82, 2.24) is 0 Å². The minimum absolute atomic E-state index is 0. The molecule has 12 nitrogen and oxygen atoms in total. The van der Waals surface area contributed by atoms with Gasteiger partial charge in [-0.15, -0.1) is 10.2 Å². The average Bonchev–Trinajstić information content (AvgIpc) is 2.86. The fraction of sp³-hybridized carbons (Fsp3) is 0.0435. The Balaban J connectivity index is 0.00000400. The topological polar surface area (TPSA) is 188 Å². The van der Waals surface area contributed by atoms with Gasteiger partial charge in [-0.2, -0.15) is 27.1 Å². The summed E-state index contributed by atoms with van der Waals surface area (Å²) < 4.78 is 68.7. The van der Waals surface area contributed by atoms with E-state index in [1.165, 1.54) is 67.8 Å². The second kappa shape index (κ2) is 11.7. The number of hydrogen-bond donors (Lipinski definition) is 3. The van der Waals surface area contributed by atoms with Gasteiger partial charge in [0, 0.05) is 11.5 Å². The van der Waals surface area contributed by atoms with Crippen molar-refractivity contribution in [3.8, 4) is 11.5 Å². The van der Waals surface area contributed by atoms with E-state index in [1.807, 2.05) is 0 Å². The number of fused-ring (bicyclic) bond motifs is 1. The van der Waals surface area contributed by atoms with E-state index in [4.69, 9.17) is 9.29 Å². The maximum Gasteiger partial charge on any atom is 1.00 e. The van der Waals surface area contributed by atoms with E-state index in [1.54, 1.807) is 12.1 Å². The largest absolute Gasteiger partial charge is 1.00 e. The van der Waals surface area contributed by atoms with Gasteiger partial charge in [0.15, 0.2) is 0 Å². The molecule has 0 bridgehead atoms. The van der Waals surface area contributed by atoms with Crippen LogP contribution < -0.4 is 34.3 Å². The molecule has 0 aliphatic rings. The molecule has 0 aliphatic carbocycles. The van der Waals surface area contributed by atoms with Crippen LogP contribution in [0.3, 0.4) is 0 Å². The zero-order valence-corrected chi connectivity index (χ0v) is 23.5. The van der Waals surface area contributed by atoms with Crippen molar-refractivity contribution in [3.63, 3.8) is 0 Å². The van der Waals surface area contributed by atoms with E-state index >= 15 is 0 Å². The average molecular weight is 566 g/mol. The Hall–Kier alpha value is -3.24. The molecule has 190 valence electrons. The molecule has 15 heteroatoms. The minimum atomic E-state index is -4.40. The van der Waals surface area contributed by atoms with Crippen LogP contribution in [0.2, 0.25) is 0 Å². The van der Waals surface area contributed by atoms with Crippen LogP contribution in [0, 0.1) is 0 Å². The Morgan fingerprint density at radius 1 is 0.684 bits per heavy atom. The number of rotatable bonds is 7. The van der Waals surface area contributed by atoms with Gasteiger partial charge < -0.3 is 9.84 Å². The summed E-state index contributed by atoms with van der Waals surface area (Å²) in [4.78, 5) is -0.562. The van der Waals surface area contributed by atoms with Gasteiger partial charge in [0.1, 0.15) is 22.9 Å². The van der Waals surface area contributed by atoms with Crippen LogP contribution in [0.1, 0.15) is 0 Å². The Labute approximate surface area is 239 Å². The predicted octanol–water partition coefficient (Wildman–Crippen LogP) is 2.88. The summed E-state index contributed by atoms with van der Waals surface area (Å²) >= 11 is 0. The molecule has 4 aromatic rings. The predicted molar refractivity (Wildman–Crippen MR) is 133 cm³/mol. The monoisotopic (exact) mass is 565 g/mol. The van der Waals surface area contributed by atoms with Gasteiger partial charge in [-0.05, 0) is 60.0 Å². The summed E-state index contributed by atoms with van der Waals surface area (Å²) in [7, 11) is -7.29. The van der Waals surface area contributed by atoms with Crippen molar-refractivity contribution in [1.29, 1.82) is 0 Å². The number of phenols is 1. The van der Waals surface area contributed by atoms with E-state index in [9.17, 15) is 26.5 Å². The number of benzene rings is 4. The van der Waals surface area contributed by atoms with Crippen LogP contribution in [0.15, 0.2) is 103 Å². The second-order valence-electron chi connectivity index (χ2n) is 7.52. The quantitative estimate of drug-likeness (QED) is 0.173. The first-order chi connectivity index (χ1) is 17.5. The third kappa shape index (κ3) is 6.79. The molecule has 0 aliphatic heterocycles. The summed E-state index contributed by atoms with van der Waals surface area (Å²) in [6, 6.07) is 16.5. The van der Waals surface area contributed by atoms with Gasteiger partial charge in [-0.1, -0.05) is 12.1 Å². The van der Waals surface area contributed by atoms with Crippen molar-refractivity contribution in [2.75, 3.05) is 7.11 Å². The number of phenolic OH excluding ortho intramolecular Hbond substituents is 1. The van der Waals surface area contributed by atoms with E-state index in [0.717, 1.165) is 0 Å². The van der Waals surface area contributed by atoms with Crippen molar-refractivity contribution in [3.05, 3.63) is 72.8 Å². The van der Waals surface area contributed by atoms with Crippen molar-refractivity contribution >= 4 is 53.8 Å². The van der Waals surface area contributed by atoms with Crippen molar-refractivity contribution < 1.29 is 65.3 Å². The molecule has 4 aromatic carbocycles. The molecule has 0 saturated carbocycles. The Bertz CT molecular complexity index is 1780. The molecule has 3 N–H and O–H groups in total. The summed E-state index contributed by atoms with van der Waals surface area (Å²) in [6.07, 6.45) is 0. The zero-order chi connectivity index (χ0) is 26.8. The molecule has 0 unspecified atom stereocenters. The van der Waals surface area contributed by atoms with Crippen LogP contribution in [0.4, 0.5) is 22.7 Å². The third-order valence-electron chi connectivity index (χ3n) is 5.08. The van der Waals surface area contributed by atoms with Gasteiger partial charge >= 0.3 is 29.6 Å². The molecule has 0 spiro atoms.